The van der Waals surface area contributed by atoms with Gasteiger partial charge in [-0.05, 0) is 13.5 Å². The molecule has 1 heterocycles. The first-order valence-electron chi connectivity index (χ1n) is 5.03. The summed E-state index contributed by atoms with van der Waals surface area (Å²) < 4.78 is 0. The summed E-state index contributed by atoms with van der Waals surface area (Å²) in [6.07, 6.45) is 0.873. The van der Waals surface area contributed by atoms with Gasteiger partial charge in [-0.25, -0.2) is 4.98 Å². The lowest BCUT2D eigenvalue weighted by molar-refractivity contribution is 0.954. The van der Waals surface area contributed by atoms with Gasteiger partial charge in [0, 0.05) is 16.9 Å². The SMILES string of the molecule is Cc1sc(CCN)nc1-c1ccccc1.Cl.Cl. The largest absolute Gasteiger partial charge is 0.330 e. The van der Waals surface area contributed by atoms with E-state index in [0.29, 0.717) is 6.54 Å². The molecule has 0 aliphatic carbocycles. The molecule has 2 rings (SSSR count). The third kappa shape index (κ3) is 3.96. The number of nitrogens with zero attached hydrogens (tertiary/aromatic N) is 1. The van der Waals surface area contributed by atoms with Crippen molar-refractivity contribution < 1.29 is 0 Å². The minimum atomic E-state index is 0. The van der Waals surface area contributed by atoms with Gasteiger partial charge in [0.1, 0.15) is 0 Å². The first kappa shape index (κ1) is 16.4. The third-order valence-corrected chi connectivity index (χ3v) is 3.28. The summed E-state index contributed by atoms with van der Waals surface area (Å²) in [5.41, 5.74) is 7.82. The van der Waals surface area contributed by atoms with E-state index in [4.69, 9.17) is 5.73 Å². The molecule has 0 amide bonds. The van der Waals surface area contributed by atoms with Crippen LogP contribution in [-0.2, 0) is 6.42 Å². The second-order valence-corrected chi connectivity index (χ2v) is 4.70. The monoisotopic (exact) mass is 290 g/mol. The van der Waals surface area contributed by atoms with Crippen LogP contribution in [0.2, 0.25) is 0 Å². The molecule has 0 aliphatic rings. The lowest BCUT2D eigenvalue weighted by atomic mass is 10.1. The highest BCUT2D eigenvalue weighted by Gasteiger charge is 2.08. The molecule has 1 aromatic carbocycles. The molecule has 94 valence electrons. The van der Waals surface area contributed by atoms with E-state index in [0.717, 1.165) is 17.1 Å². The number of halogens is 2. The molecule has 17 heavy (non-hydrogen) atoms. The minimum absolute atomic E-state index is 0. The molecule has 2 N–H and O–H groups in total. The third-order valence-electron chi connectivity index (χ3n) is 2.25. The van der Waals surface area contributed by atoms with Gasteiger partial charge in [-0.1, -0.05) is 30.3 Å². The standard InChI is InChI=1S/C12H14N2S.2ClH/c1-9-12(10-5-3-2-4-6-10)14-11(15-9)7-8-13;;/h2-6H,7-8,13H2,1H3;2*1H. The lowest BCUT2D eigenvalue weighted by Gasteiger charge is -1.96. The summed E-state index contributed by atoms with van der Waals surface area (Å²) in [6.45, 7) is 2.78. The molecule has 0 atom stereocenters. The fourth-order valence-electron chi connectivity index (χ4n) is 1.55. The molecule has 5 heteroatoms. The van der Waals surface area contributed by atoms with Gasteiger partial charge in [0.25, 0.3) is 0 Å². The van der Waals surface area contributed by atoms with Crippen LogP contribution in [0.3, 0.4) is 0 Å². The van der Waals surface area contributed by atoms with Crippen LogP contribution in [0.5, 0.6) is 0 Å². The Labute approximate surface area is 118 Å². The number of benzene rings is 1. The minimum Gasteiger partial charge on any atom is -0.330 e. The van der Waals surface area contributed by atoms with Crippen molar-refractivity contribution in [3.05, 3.63) is 40.2 Å². The number of thiazole rings is 1. The van der Waals surface area contributed by atoms with Crippen molar-refractivity contribution in [2.45, 2.75) is 13.3 Å². The first-order chi connectivity index (χ1) is 7.31. The van der Waals surface area contributed by atoms with Gasteiger partial charge in [-0.15, -0.1) is 36.2 Å². The molecule has 2 aromatic rings. The molecule has 0 unspecified atom stereocenters. The Balaban J connectivity index is 0.00000128. The van der Waals surface area contributed by atoms with E-state index in [1.54, 1.807) is 11.3 Å². The van der Waals surface area contributed by atoms with Gasteiger partial charge in [0.05, 0.1) is 10.7 Å². The molecule has 0 fully saturated rings. The lowest BCUT2D eigenvalue weighted by Crippen LogP contribution is -2.01. The Bertz CT molecular complexity index is 443. The molecule has 0 saturated heterocycles. The highest BCUT2D eigenvalue weighted by molar-refractivity contribution is 7.12. The zero-order valence-electron chi connectivity index (χ0n) is 9.55. The van der Waals surface area contributed by atoms with Crippen molar-refractivity contribution in [2.75, 3.05) is 6.54 Å². The zero-order chi connectivity index (χ0) is 10.7. The van der Waals surface area contributed by atoms with E-state index < -0.39 is 0 Å². The van der Waals surface area contributed by atoms with Crippen LogP contribution in [0.4, 0.5) is 0 Å². The van der Waals surface area contributed by atoms with Crippen molar-refractivity contribution in [3.63, 3.8) is 0 Å². The van der Waals surface area contributed by atoms with Gasteiger partial charge >= 0.3 is 0 Å². The molecule has 1 aromatic heterocycles. The Morgan fingerprint density at radius 1 is 1.18 bits per heavy atom. The molecule has 0 radical (unpaired) electrons. The summed E-state index contributed by atoms with van der Waals surface area (Å²) >= 11 is 1.74. The number of nitrogens with two attached hydrogens (primary N) is 1. The first-order valence-corrected chi connectivity index (χ1v) is 5.84. The number of hydrogen-bond donors (Lipinski definition) is 1. The zero-order valence-corrected chi connectivity index (χ0v) is 12.0. The highest BCUT2D eigenvalue weighted by Crippen LogP contribution is 2.27. The number of hydrogen-bond acceptors (Lipinski definition) is 3. The molecule has 2 nitrogen and oxygen atoms in total. The Morgan fingerprint density at radius 2 is 1.82 bits per heavy atom. The van der Waals surface area contributed by atoms with Gasteiger partial charge in [-0.3, -0.25) is 0 Å². The number of aromatic nitrogens is 1. The van der Waals surface area contributed by atoms with E-state index in [2.05, 4.69) is 24.0 Å². The summed E-state index contributed by atoms with van der Waals surface area (Å²) in [7, 11) is 0. The number of aryl methyl sites for hydroxylation is 1. The fourth-order valence-corrected chi connectivity index (χ4v) is 2.52. The van der Waals surface area contributed by atoms with Crippen molar-refractivity contribution in [2.24, 2.45) is 5.73 Å². The summed E-state index contributed by atoms with van der Waals surface area (Å²) in [5, 5.41) is 1.13. The Hall–Kier alpha value is -0.610. The normalized spacial score (nSPS) is 9.29. The smallest absolute Gasteiger partial charge is 0.0947 e. The van der Waals surface area contributed by atoms with Crippen LogP contribution in [-0.4, -0.2) is 11.5 Å². The maximum absolute atomic E-state index is 5.53. The Morgan fingerprint density at radius 3 is 2.41 bits per heavy atom. The van der Waals surface area contributed by atoms with E-state index in [9.17, 15) is 0 Å². The predicted molar refractivity (Wildman–Crippen MR) is 79.5 cm³/mol. The predicted octanol–water partition coefficient (Wildman–Crippen LogP) is 3.46. The fraction of sp³-hybridized carbons (Fsp3) is 0.250. The number of rotatable bonds is 3. The summed E-state index contributed by atoms with van der Waals surface area (Å²) in [4.78, 5) is 5.88. The van der Waals surface area contributed by atoms with Crippen molar-refractivity contribution >= 4 is 36.2 Å². The van der Waals surface area contributed by atoms with Gasteiger partial charge in [0.2, 0.25) is 0 Å². The molecule has 0 spiro atoms. The van der Waals surface area contributed by atoms with Gasteiger partial charge in [0.15, 0.2) is 0 Å². The summed E-state index contributed by atoms with van der Waals surface area (Å²) in [5.74, 6) is 0. The van der Waals surface area contributed by atoms with Gasteiger partial charge < -0.3 is 5.73 Å². The van der Waals surface area contributed by atoms with Crippen LogP contribution in [0.15, 0.2) is 30.3 Å². The molecular weight excluding hydrogens is 275 g/mol. The maximum atomic E-state index is 5.53. The molecule has 0 saturated carbocycles. The highest BCUT2D eigenvalue weighted by atomic mass is 35.5. The van der Waals surface area contributed by atoms with E-state index >= 15 is 0 Å². The van der Waals surface area contributed by atoms with Crippen LogP contribution in [0.1, 0.15) is 9.88 Å². The summed E-state index contributed by atoms with van der Waals surface area (Å²) in [6, 6.07) is 10.3. The van der Waals surface area contributed by atoms with Crippen LogP contribution in [0, 0.1) is 6.92 Å². The van der Waals surface area contributed by atoms with Crippen LogP contribution >= 0.6 is 36.2 Å². The second kappa shape index (κ2) is 7.67. The topological polar surface area (TPSA) is 38.9 Å². The molecule has 0 aliphatic heterocycles. The van der Waals surface area contributed by atoms with Crippen molar-refractivity contribution in [1.82, 2.24) is 4.98 Å². The maximum Gasteiger partial charge on any atom is 0.0947 e. The van der Waals surface area contributed by atoms with E-state index in [-0.39, 0.29) is 24.8 Å². The molecular formula is C12H16Cl2N2S. The average Bonchev–Trinajstić information content (AvgIpc) is 2.61. The second-order valence-electron chi connectivity index (χ2n) is 3.42. The Kier molecular flexibility index (Phi) is 7.39. The van der Waals surface area contributed by atoms with Crippen molar-refractivity contribution in [1.29, 1.82) is 0 Å². The quantitative estimate of drug-likeness (QED) is 0.940. The van der Waals surface area contributed by atoms with E-state index in [1.807, 2.05) is 18.2 Å². The van der Waals surface area contributed by atoms with Gasteiger partial charge in [-0.2, -0.15) is 0 Å². The van der Waals surface area contributed by atoms with Crippen LogP contribution < -0.4 is 5.73 Å². The van der Waals surface area contributed by atoms with E-state index in [1.165, 1.54) is 10.4 Å². The van der Waals surface area contributed by atoms with Crippen molar-refractivity contribution in [3.8, 4) is 11.3 Å². The molecule has 0 bridgehead atoms. The average molecular weight is 291 g/mol. The van der Waals surface area contributed by atoms with Crippen LogP contribution in [0.25, 0.3) is 11.3 Å².